The Morgan fingerprint density at radius 3 is 2.48 bits per heavy atom. The van der Waals surface area contributed by atoms with E-state index in [0.717, 1.165) is 5.56 Å². The Hall–Kier alpha value is -1.59. The SMILES string of the molecule is CC(O)CC(CNC(=O)N[C@H](C)CCO)c1ccccc1. The number of carbonyl (C=O) groups is 1. The van der Waals surface area contributed by atoms with E-state index in [0.29, 0.717) is 19.4 Å². The molecular weight excluding hydrogens is 268 g/mol. The van der Waals surface area contributed by atoms with E-state index < -0.39 is 6.10 Å². The lowest BCUT2D eigenvalue weighted by Crippen LogP contribution is -2.42. The summed E-state index contributed by atoms with van der Waals surface area (Å²) in [6, 6.07) is 9.54. The average Bonchev–Trinajstić information content (AvgIpc) is 2.44. The minimum Gasteiger partial charge on any atom is -0.396 e. The van der Waals surface area contributed by atoms with Crippen LogP contribution in [0.3, 0.4) is 0 Å². The Labute approximate surface area is 126 Å². The van der Waals surface area contributed by atoms with E-state index >= 15 is 0 Å². The van der Waals surface area contributed by atoms with Crippen molar-refractivity contribution in [1.82, 2.24) is 10.6 Å². The lowest BCUT2D eigenvalue weighted by Gasteiger charge is -2.21. The van der Waals surface area contributed by atoms with Gasteiger partial charge in [-0.2, -0.15) is 0 Å². The third kappa shape index (κ3) is 7.11. The van der Waals surface area contributed by atoms with Crippen LogP contribution < -0.4 is 10.6 Å². The summed E-state index contributed by atoms with van der Waals surface area (Å²) in [6.45, 7) is 4.11. The van der Waals surface area contributed by atoms with Crippen LogP contribution >= 0.6 is 0 Å². The molecule has 0 aliphatic rings. The zero-order chi connectivity index (χ0) is 15.7. The van der Waals surface area contributed by atoms with E-state index in [-0.39, 0.29) is 24.6 Å². The van der Waals surface area contributed by atoms with Crippen LogP contribution in [-0.4, -0.2) is 41.5 Å². The molecule has 2 amide bonds. The number of carbonyl (C=O) groups excluding carboxylic acids is 1. The average molecular weight is 294 g/mol. The molecule has 0 saturated heterocycles. The van der Waals surface area contributed by atoms with Crippen LogP contribution in [0.4, 0.5) is 4.79 Å². The van der Waals surface area contributed by atoms with Crippen LogP contribution in [-0.2, 0) is 0 Å². The first kappa shape index (κ1) is 17.5. The fourth-order valence-electron chi connectivity index (χ4n) is 2.23. The predicted octanol–water partition coefficient (Wildman–Crippen LogP) is 1.61. The van der Waals surface area contributed by atoms with Crippen molar-refractivity contribution >= 4 is 6.03 Å². The predicted molar refractivity (Wildman–Crippen MR) is 83.2 cm³/mol. The minimum absolute atomic E-state index is 0.0517. The van der Waals surface area contributed by atoms with E-state index in [1.807, 2.05) is 37.3 Å². The number of hydrogen-bond acceptors (Lipinski definition) is 3. The van der Waals surface area contributed by atoms with Crippen molar-refractivity contribution in [3.05, 3.63) is 35.9 Å². The number of benzene rings is 1. The van der Waals surface area contributed by atoms with Crippen molar-refractivity contribution in [3.8, 4) is 0 Å². The number of hydrogen-bond donors (Lipinski definition) is 4. The van der Waals surface area contributed by atoms with Gasteiger partial charge in [0.25, 0.3) is 0 Å². The summed E-state index contributed by atoms with van der Waals surface area (Å²) in [7, 11) is 0. The number of rotatable bonds is 8. The highest BCUT2D eigenvalue weighted by atomic mass is 16.3. The lowest BCUT2D eigenvalue weighted by atomic mass is 9.93. The number of urea groups is 1. The van der Waals surface area contributed by atoms with Crippen molar-refractivity contribution < 1.29 is 15.0 Å². The minimum atomic E-state index is -0.423. The summed E-state index contributed by atoms with van der Waals surface area (Å²) in [5, 5.41) is 24.0. The quantitative estimate of drug-likeness (QED) is 0.588. The van der Waals surface area contributed by atoms with Gasteiger partial charge in [-0.3, -0.25) is 0 Å². The highest BCUT2D eigenvalue weighted by Crippen LogP contribution is 2.20. The van der Waals surface area contributed by atoms with Crippen LogP contribution in [0.15, 0.2) is 30.3 Å². The first-order valence-corrected chi connectivity index (χ1v) is 7.41. The molecule has 118 valence electrons. The van der Waals surface area contributed by atoms with Gasteiger partial charge in [-0.1, -0.05) is 30.3 Å². The van der Waals surface area contributed by atoms with Gasteiger partial charge in [0.05, 0.1) is 6.10 Å². The second-order valence-corrected chi connectivity index (χ2v) is 5.46. The van der Waals surface area contributed by atoms with Gasteiger partial charge >= 0.3 is 6.03 Å². The van der Waals surface area contributed by atoms with Gasteiger partial charge in [0.2, 0.25) is 0 Å². The Morgan fingerprint density at radius 1 is 1.24 bits per heavy atom. The molecule has 1 aromatic rings. The molecule has 0 aromatic heterocycles. The van der Waals surface area contributed by atoms with Crippen molar-refractivity contribution in [2.75, 3.05) is 13.2 Å². The summed E-state index contributed by atoms with van der Waals surface area (Å²) in [4.78, 5) is 11.8. The molecule has 1 rings (SSSR count). The van der Waals surface area contributed by atoms with Crippen molar-refractivity contribution in [2.45, 2.75) is 44.8 Å². The molecule has 5 heteroatoms. The molecule has 0 fully saturated rings. The molecule has 4 N–H and O–H groups in total. The third-order valence-corrected chi connectivity index (χ3v) is 3.35. The number of amides is 2. The van der Waals surface area contributed by atoms with Gasteiger partial charge in [0, 0.05) is 25.1 Å². The van der Waals surface area contributed by atoms with Crippen LogP contribution in [0.5, 0.6) is 0 Å². The molecule has 3 atom stereocenters. The van der Waals surface area contributed by atoms with Gasteiger partial charge in [0.1, 0.15) is 0 Å². The summed E-state index contributed by atoms with van der Waals surface area (Å²) in [6.07, 6.45) is 0.702. The highest BCUT2D eigenvalue weighted by Gasteiger charge is 2.15. The summed E-state index contributed by atoms with van der Waals surface area (Å²) in [5.41, 5.74) is 1.10. The summed E-state index contributed by atoms with van der Waals surface area (Å²) < 4.78 is 0. The van der Waals surface area contributed by atoms with Gasteiger partial charge in [0.15, 0.2) is 0 Å². The summed E-state index contributed by atoms with van der Waals surface area (Å²) >= 11 is 0. The van der Waals surface area contributed by atoms with Crippen LogP contribution in [0.1, 0.15) is 38.2 Å². The second-order valence-electron chi connectivity index (χ2n) is 5.46. The maximum absolute atomic E-state index is 11.8. The molecule has 0 radical (unpaired) electrons. The molecule has 0 bridgehead atoms. The Bertz CT molecular complexity index is 409. The van der Waals surface area contributed by atoms with Gasteiger partial charge in [-0.25, -0.2) is 4.79 Å². The van der Waals surface area contributed by atoms with E-state index in [1.165, 1.54) is 0 Å². The normalized spacial score (nSPS) is 15.0. The maximum atomic E-state index is 11.8. The molecule has 1 aromatic carbocycles. The zero-order valence-electron chi connectivity index (χ0n) is 12.7. The van der Waals surface area contributed by atoms with Gasteiger partial charge in [-0.05, 0) is 32.3 Å². The largest absolute Gasteiger partial charge is 0.396 e. The number of nitrogens with one attached hydrogen (secondary N) is 2. The molecule has 0 aliphatic heterocycles. The van der Waals surface area contributed by atoms with Crippen LogP contribution in [0.2, 0.25) is 0 Å². The topological polar surface area (TPSA) is 81.6 Å². The van der Waals surface area contributed by atoms with Crippen molar-refractivity contribution in [2.24, 2.45) is 0 Å². The molecule has 0 saturated carbocycles. The zero-order valence-corrected chi connectivity index (χ0v) is 12.7. The maximum Gasteiger partial charge on any atom is 0.315 e. The van der Waals surface area contributed by atoms with Crippen molar-refractivity contribution in [3.63, 3.8) is 0 Å². The first-order valence-electron chi connectivity index (χ1n) is 7.41. The van der Waals surface area contributed by atoms with Crippen LogP contribution in [0.25, 0.3) is 0 Å². The van der Waals surface area contributed by atoms with E-state index in [4.69, 9.17) is 5.11 Å². The Kier molecular flexibility index (Phi) is 7.79. The van der Waals surface area contributed by atoms with E-state index in [2.05, 4.69) is 10.6 Å². The fourth-order valence-corrected chi connectivity index (χ4v) is 2.23. The van der Waals surface area contributed by atoms with Gasteiger partial charge in [-0.15, -0.1) is 0 Å². The van der Waals surface area contributed by atoms with E-state index in [1.54, 1.807) is 6.92 Å². The standard InChI is InChI=1S/C16H26N2O3/c1-12(8-9-19)18-16(21)17-11-15(10-13(2)20)14-6-4-3-5-7-14/h3-7,12-13,15,19-20H,8-11H2,1-2H3,(H2,17,18,21)/t12-,13?,15?/m1/s1. The highest BCUT2D eigenvalue weighted by molar-refractivity contribution is 5.74. The van der Waals surface area contributed by atoms with Crippen LogP contribution in [0, 0.1) is 0 Å². The fraction of sp³-hybridized carbons (Fsp3) is 0.562. The monoisotopic (exact) mass is 294 g/mol. The molecular formula is C16H26N2O3. The second kappa shape index (κ2) is 9.37. The Morgan fingerprint density at radius 2 is 1.90 bits per heavy atom. The molecule has 0 heterocycles. The lowest BCUT2D eigenvalue weighted by molar-refractivity contribution is 0.173. The number of aliphatic hydroxyl groups excluding tert-OH is 2. The number of aliphatic hydroxyl groups is 2. The molecule has 2 unspecified atom stereocenters. The summed E-state index contributed by atoms with van der Waals surface area (Å²) in [5.74, 6) is 0.0742. The van der Waals surface area contributed by atoms with Gasteiger partial charge < -0.3 is 20.8 Å². The van der Waals surface area contributed by atoms with E-state index in [9.17, 15) is 9.90 Å². The third-order valence-electron chi connectivity index (χ3n) is 3.35. The smallest absolute Gasteiger partial charge is 0.315 e. The first-order chi connectivity index (χ1) is 10.0. The molecule has 0 spiro atoms. The molecule has 5 nitrogen and oxygen atoms in total. The molecule has 21 heavy (non-hydrogen) atoms. The molecule has 0 aliphatic carbocycles. The van der Waals surface area contributed by atoms with Crippen molar-refractivity contribution in [1.29, 1.82) is 0 Å². The Balaban J connectivity index is 2.52.